The van der Waals surface area contributed by atoms with E-state index in [9.17, 15) is 0 Å². The molecule has 0 aliphatic rings. The average Bonchev–Trinajstić information content (AvgIpc) is 2.54. The van der Waals surface area contributed by atoms with E-state index in [0.29, 0.717) is 11.2 Å². The Labute approximate surface area is 131 Å². The minimum absolute atomic E-state index is 0.304. The van der Waals surface area contributed by atoms with Gasteiger partial charge in [-0.25, -0.2) is 0 Å². The molecule has 0 unspecified atom stereocenters. The highest BCUT2D eigenvalue weighted by atomic mass is 32.2. The van der Waals surface area contributed by atoms with Crippen LogP contribution in [0.1, 0.15) is 25.8 Å². The number of benzene rings is 2. The van der Waals surface area contributed by atoms with Crippen LogP contribution in [0.3, 0.4) is 0 Å². The van der Waals surface area contributed by atoms with E-state index >= 15 is 0 Å². The van der Waals surface area contributed by atoms with E-state index < -0.39 is 0 Å². The van der Waals surface area contributed by atoms with Crippen molar-refractivity contribution in [3.05, 3.63) is 60.2 Å². The van der Waals surface area contributed by atoms with Crippen LogP contribution in [0.4, 0.5) is 0 Å². The smallest absolute Gasteiger partial charge is 0.154 e. The molecule has 1 atom stereocenters. The lowest BCUT2D eigenvalue weighted by molar-refractivity contribution is 0.718. The van der Waals surface area contributed by atoms with Gasteiger partial charge in [-0.15, -0.1) is 0 Å². The Hall–Kier alpha value is -1.74. The Kier molecular flexibility index (Phi) is 5.88. The Morgan fingerprint density at radius 1 is 1.05 bits per heavy atom. The van der Waals surface area contributed by atoms with E-state index in [0.717, 1.165) is 12.2 Å². The molecule has 0 bridgehead atoms. The van der Waals surface area contributed by atoms with Crippen LogP contribution in [-0.4, -0.2) is 11.2 Å². The van der Waals surface area contributed by atoms with Gasteiger partial charge in [0.2, 0.25) is 0 Å². The Morgan fingerprint density at radius 2 is 1.67 bits per heavy atom. The maximum atomic E-state index is 5.93. The molecule has 0 saturated heterocycles. The second-order valence-corrected chi connectivity index (χ2v) is 6.07. The standard InChI is InChI=1S/C18H22N2S/c1-3-14(2)20-18(19)21-13-15-9-11-17(12-10-15)16-7-5-4-6-8-16/h4-12,14H,3,13H2,1-2H3,(H2,19,20)/t14-/m0/s1. The first kappa shape index (κ1) is 15.6. The van der Waals surface area contributed by atoms with Crippen LogP contribution in [0.5, 0.6) is 0 Å². The minimum atomic E-state index is 0.304. The number of nitrogens with zero attached hydrogens (tertiary/aromatic N) is 1. The highest BCUT2D eigenvalue weighted by molar-refractivity contribution is 8.13. The van der Waals surface area contributed by atoms with Crippen LogP contribution in [0.2, 0.25) is 0 Å². The van der Waals surface area contributed by atoms with Crippen LogP contribution in [0.25, 0.3) is 11.1 Å². The monoisotopic (exact) mass is 298 g/mol. The van der Waals surface area contributed by atoms with Crippen molar-refractivity contribution in [1.82, 2.24) is 0 Å². The molecule has 0 aromatic heterocycles. The molecule has 0 aliphatic heterocycles. The number of aliphatic imine (C=N–C) groups is 1. The van der Waals surface area contributed by atoms with Crippen molar-refractivity contribution in [2.45, 2.75) is 32.1 Å². The number of thioether (sulfide) groups is 1. The fourth-order valence-electron chi connectivity index (χ4n) is 1.93. The summed E-state index contributed by atoms with van der Waals surface area (Å²) in [6, 6.07) is 19.3. The summed E-state index contributed by atoms with van der Waals surface area (Å²) >= 11 is 1.60. The zero-order valence-electron chi connectivity index (χ0n) is 12.6. The third-order valence-electron chi connectivity index (χ3n) is 3.39. The second kappa shape index (κ2) is 7.89. The van der Waals surface area contributed by atoms with E-state index in [4.69, 9.17) is 5.73 Å². The fourth-order valence-corrected chi connectivity index (χ4v) is 2.69. The highest BCUT2D eigenvalue weighted by Crippen LogP contribution is 2.21. The summed E-state index contributed by atoms with van der Waals surface area (Å²) in [6.07, 6.45) is 1.02. The van der Waals surface area contributed by atoms with Gasteiger partial charge < -0.3 is 5.73 Å². The molecule has 3 heteroatoms. The van der Waals surface area contributed by atoms with Crippen molar-refractivity contribution in [3.8, 4) is 11.1 Å². The SMILES string of the molecule is CC[C@H](C)N=C(N)SCc1ccc(-c2ccccc2)cc1. The molecule has 21 heavy (non-hydrogen) atoms. The number of hydrogen-bond acceptors (Lipinski definition) is 2. The molecule has 2 N–H and O–H groups in total. The van der Waals surface area contributed by atoms with E-state index in [1.807, 2.05) is 6.07 Å². The summed E-state index contributed by atoms with van der Waals surface area (Å²) in [5.41, 5.74) is 9.68. The molecule has 2 aromatic rings. The van der Waals surface area contributed by atoms with Crippen LogP contribution in [-0.2, 0) is 5.75 Å². The molecule has 0 amide bonds. The molecule has 0 radical (unpaired) electrons. The van der Waals surface area contributed by atoms with Crippen molar-refractivity contribution in [1.29, 1.82) is 0 Å². The van der Waals surface area contributed by atoms with Crippen LogP contribution in [0, 0.1) is 0 Å². The quantitative estimate of drug-likeness (QED) is 0.642. The van der Waals surface area contributed by atoms with E-state index in [-0.39, 0.29) is 0 Å². The summed E-state index contributed by atoms with van der Waals surface area (Å²) < 4.78 is 0. The van der Waals surface area contributed by atoms with E-state index in [2.05, 4.69) is 67.4 Å². The first-order valence-corrected chi connectivity index (χ1v) is 8.28. The van der Waals surface area contributed by atoms with Crippen LogP contribution >= 0.6 is 11.8 Å². The molecule has 0 fully saturated rings. The predicted molar refractivity (Wildman–Crippen MR) is 94.5 cm³/mol. The van der Waals surface area contributed by atoms with Crippen LogP contribution in [0.15, 0.2) is 59.6 Å². The maximum absolute atomic E-state index is 5.93. The summed E-state index contributed by atoms with van der Waals surface area (Å²) in [5, 5.41) is 0.677. The normalized spacial score (nSPS) is 13.1. The summed E-state index contributed by atoms with van der Waals surface area (Å²) in [5.74, 6) is 0.862. The molecule has 2 nitrogen and oxygen atoms in total. The molecule has 110 valence electrons. The lowest BCUT2D eigenvalue weighted by Gasteiger charge is -2.06. The lowest BCUT2D eigenvalue weighted by Crippen LogP contribution is -2.11. The van der Waals surface area contributed by atoms with Gasteiger partial charge in [0.1, 0.15) is 0 Å². The van der Waals surface area contributed by atoms with Crippen molar-refractivity contribution in [2.75, 3.05) is 0 Å². The molecule has 0 aliphatic carbocycles. The Bertz CT molecular complexity index is 576. The molecular weight excluding hydrogens is 276 g/mol. The van der Waals surface area contributed by atoms with Gasteiger partial charge in [0.05, 0.1) is 0 Å². The third kappa shape index (κ3) is 4.94. The molecule has 2 aromatic carbocycles. The predicted octanol–water partition coefficient (Wildman–Crippen LogP) is 4.70. The lowest BCUT2D eigenvalue weighted by atomic mass is 10.0. The summed E-state index contributed by atoms with van der Waals surface area (Å²) in [4.78, 5) is 4.43. The van der Waals surface area contributed by atoms with Crippen molar-refractivity contribution >= 4 is 16.9 Å². The summed E-state index contributed by atoms with van der Waals surface area (Å²) in [6.45, 7) is 4.20. The molecule has 0 heterocycles. The van der Waals surface area contributed by atoms with Crippen molar-refractivity contribution < 1.29 is 0 Å². The van der Waals surface area contributed by atoms with Gasteiger partial charge in [0.25, 0.3) is 0 Å². The number of amidine groups is 1. The fraction of sp³-hybridized carbons (Fsp3) is 0.278. The van der Waals surface area contributed by atoms with Gasteiger partial charge in [-0.1, -0.05) is 73.3 Å². The number of hydrogen-bond donors (Lipinski definition) is 1. The zero-order valence-corrected chi connectivity index (χ0v) is 13.4. The average molecular weight is 298 g/mol. The third-order valence-corrected chi connectivity index (χ3v) is 4.27. The largest absolute Gasteiger partial charge is 0.379 e. The summed E-state index contributed by atoms with van der Waals surface area (Å²) in [7, 11) is 0. The molecular formula is C18H22N2S. The van der Waals surface area contributed by atoms with Gasteiger partial charge in [-0.2, -0.15) is 0 Å². The molecule has 2 rings (SSSR count). The van der Waals surface area contributed by atoms with Crippen LogP contribution < -0.4 is 5.73 Å². The first-order valence-electron chi connectivity index (χ1n) is 7.29. The minimum Gasteiger partial charge on any atom is -0.379 e. The number of nitrogens with two attached hydrogens (primary N) is 1. The topological polar surface area (TPSA) is 38.4 Å². The van der Waals surface area contributed by atoms with Gasteiger partial charge in [0.15, 0.2) is 5.17 Å². The molecule has 0 spiro atoms. The first-order chi connectivity index (χ1) is 10.2. The van der Waals surface area contributed by atoms with Gasteiger partial charge in [-0.3, -0.25) is 4.99 Å². The van der Waals surface area contributed by atoms with E-state index in [1.165, 1.54) is 16.7 Å². The number of rotatable bonds is 5. The van der Waals surface area contributed by atoms with Gasteiger partial charge >= 0.3 is 0 Å². The van der Waals surface area contributed by atoms with Crippen molar-refractivity contribution in [3.63, 3.8) is 0 Å². The Morgan fingerprint density at radius 3 is 2.29 bits per heavy atom. The highest BCUT2D eigenvalue weighted by Gasteiger charge is 2.01. The van der Waals surface area contributed by atoms with Gasteiger partial charge in [0, 0.05) is 11.8 Å². The van der Waals surface area contributed by atoms with E-state index in [1.54, 1.807) is 11.8 Å². The van der Waals surface area contributed by atoms with Crippen molar-refractivity contribution in [2.24, 2.45) is 10.7 Å². The second-order valence-electron chi connectivity index (χ2n) is 5.08. The van der Waals surface area contributed by atoms with Gasteiger partial charge in [-0.05, 0) is 30.0 Å². The maximum Gasteiger partial charge on any atom is 0.154 e. The Balaban J connectivity index is 1.96. The zero-order chi connectivity index (χ0) is 15.1. The molecule has 0 saturated carbocycles.